The molecule has 1 aliphatic carbocycles. The van der Waals surface area contributed by atoms with Crippen LogP contribution in [0.1, 0.15) is 37.8 Å². The minimum Gasteiger partial charge on any atom is -0.399 e. The zero-order valence-corrected chi connectivity index (χ0v) is 11.0. The first-order chi connectivity index (χ1) is 8.58. The van der Waals surface area contributed by atoms with E-state index >= 15 is 0 Å². The van der Waals surface area contributed by atoms with Gasteiger partial charge < -0.3 is 16.0 Å². The molecule has 0 saturated heterocycles. The summed E-state index contributed by atoms with van der Waals surface area (Å²) in [4.78, 5) is 13.8. The van der Waals surface area contributed by atoms with Crippen molar-refractivity contribution in [2.45, 2.75) is 38.3 Å². The van der Waals surface area contributed by atoms with Gasteiger partial charge in [0.1, 0.15) is 0 Å². The van der Waals surface area contributed by atoms with Crippen LogP contribution in [0.5, 0.6) is 0 Å². The lowest BCUT2D eigenvalue weighted by atomic mass is 9.93. The summed E-state index contributed by atoms with van der Waals surface area (Å²) in [5.41, 5.74) is 7.55. The van der Waals surface area contributed by atoms with E-state index in [1.54, 1.807) is 4.90 Å². The van der Waals surface area contributed by atoms with Crippen LogP contribution in [-0.4, -0.2) is 24.0 Å². The Morgan fingerprint density at radius 3 is 2.78 bits per heavy atom. The average molecular weight is 247 g/mol. The number of amides is 2. The molecule has 0 aliphatic heterocycles. The number of nitrogens with two attached hydrogens (primary N) is 1. The van der Waals surface area contributed by atoms with Crippen molar-refractivity contribution in [1.29, 1.82) is 0 Å². The van der Waals surface area contributed by atoms with Crippen LogP contribution >= 0.6 is 0 Å². The Morgan fingerprint density at radius 1 is 1.50 bits per heavy atom. The van der Waals surface area contributed by atoms with Crippen molar-refractivity contribution < 1.29 is 4.79 Å². The Labute approximate surface area is 108 Å². The first kappa shape index (κ1) is 12.7. The number of nitrogen functional groups attached to an aromatic ring is 1. The third kappa shape index (κ3) is 2.75. The number of carbonyl (C=O) groups is 1. The number of rotatable bonds is 3. The molecule has 18 heavy (non-hydrogen) atoms. The topological polar surface area (TPSA) is 58.4 Å². The number of urea groups is 1. The van der Waals surface area contributed by atoms with E-state index in [9.17, 15) is 4.79 Å². The van der Waals surface area contributed by atoms with Gasteiger partial charge in [0.2, 0.25) is 0 Å². The van der Waals surface area contributed by atoms with E-state index in [0.29, 0.717) is 6.04 Å². The van der Waals surface area contributed by atoms with Crippen molar-refractivity contribution in [3.8, 4) is 0 Å². The van der Waals surface area contributed by atoms with Gasteiger partial charge in [-0.15, -0.1) is 0 Å². The minimum absolute atomic E-state index is 0.00498. The molecule has 4 heteroatoms. The highest BCUT2D eigenvalue weighted by atomic mass is 16.2. The molecule has 0 radical (unpaired) electrons. The van der Waals surface area contributed by atoms with E-state index in [1.165, 1.54) is 6.42 Å². The van der Waals surface area contributed by atoms with Gasteiger partial charge in [0.25, 0.3) is 0 Å². The minimum atomic E-state index is -0.00498. The van der Waals surface area contributed by atoms with E-state index in [0.717, 1.165) is 24.1 Å². The Kier molecular flexibility index (Phi) is 3.75. The summed E-state index contributed by atoms with van der Waals surface area (Å²) >= 11 is 0. The number of nitrogens with zero attached hydrogens (tertiary/aromatic N) is 1. The largest absolute Gasteiger partial charge is 0.399 e. The van der Waals surface area contributed by atoms with Crippen LogP contribution in [0, 0.1) is 0 Å². The van der Waals surface area contributed by atoms with Crippen molar-refractivity contribution >= 4 is 11.7 Å². The lowest BCUT2D eigenvalue weighted by Gasteiger charge is -2.31. The molecule has 1 aromatic carbocycles. The highest BCUT2D eigenvalue weighted by Gasteiger charge is 2.23. The fraction of sp³-hybridized carbons (Fsp3) is 0.500. The summed E-state index contributed by atoms with van der Waals surface area (Å²) in [6.45, 7) is 2.01. The maximum absolute atomic E-state index is 12.0. The van der Waals surface area contributed by atoms with Crippen LogP contribution < -0.4 is 11.1 Å². The molecule has 2 rings (SSSR count). The highest BCUT2D eigenvalue weighted by molar-refractivity contribution is 5.75. The summed E-state index contributed by atoms with van der Waals surface area (Å²) < 4.78 is 0. The molecule has 3 N–H and O–H groups in total. The molecule has 0 spiro atoms. The Bertz CT molecular complexity index is 429. The zero-order valence-electron chi connectivity index (χ0n) is 11.0. The van der Waals surface area contributed by atoms with Crippen molar-refractivity contribution in [3.63, 3.8) is 0 Å². The zero-order chi connectivity index (χ0) is 13.1. The normalized spacial score (nSPS) is 16.8. The lowest BCUT2D eigenvalue weighted by Crippen LogP contribution is -2.46. The van der Waals surface area contributed by atoms with E-state index in [1.807, 2.05) is 38.2 Å². The molecule has 0 bridgehead atoms. The molecule has 4 nitrogen and oxygen atoms in total. The fourth-order valence-electron chi connectivity index (χ4n) is 2.05. The molecule has 1 atom stereocenters. The number of benzene rings is 1. The van der Waals surface area contributed by atoms with Gasteiger partial charge in [0, 0.05) is 18.8 Å². The van der Waals surface area contributed by atoms with Gasteiger partial charge >= 0.3 is 6.03 Å². The number of nitrogens with one attached hydrogen (secondary N) is 1. The number of anilines is 1. The maximum atomic E-state index is 12.0. The van der Waals surface area contributed by atoms with E-state index in [4.69, 9.17) is 5.73 Å². The smallest absolute Gasteiger partial charge is 0.317 e. The van der Waals surface area contributed by atoms with Crippen LogP contribution in [0.4, 0.5) is 10.5 Å². The second kappa shape index (κ2) is 5.29. The predicted octanol–water partition coefficient (Wildman–Crippen LogP) is 2.52. The second-order valence-corrected chi connectivity index (χ2v) is 5.03. The summed E-state index contributed by atoms with van der Waals surface area (Å²) in [6.07, 6.45) is 3.43. The van der Waals surface area contributed by atoms with Gasteiger partial charge in [0.05, 0.1) is 6.04 Å². The van der Waals surface area contributed by atoms with Gasteiger partial charge in [-0.1, -0.05) is 12.1 Å². The van der Waals surface area contributed by atoms with Gasteiger partial charge in [-0.2, -0.15) is 0 Å². The predicted molar refractivity (Wildman–Crippen MR) is 73.2 cm³/mol. The fourth-order valence-corrected chi connectivity index (χ4v) is 2.05. The monoisotopic (exact) mass is 247 g/mol. The van der Waals surface area contributed by atoms with Crippen molar-refractivity contribution in [1.82, 2.24) is 10.2 Å². The van der Waals surface area contributed by atoms with Crippen LogP contribution in [0.25, 0.3) is 0 Å². The molecule has 1 aromatic rings. The quantitative estimate of drug-likeness (QED) is 0.806. The Balaban J connectivity index is 1.98. The molecule has 1 fully saturated rings. The first-order valence-electron chi connectivity index (χ1n) is 6.46. The van der Waals surface area contributed by atoms with Crippen LogP contribution in [0.15, 0.2) is 24.3 Å². The number of carbonyl (C=O) groups excluding carboxylic acids is 1. The van der Waals surface area contributed by atoms with Gasteiger partial charge in [-0.05, 0) is 43.9 Å². The molecule has 1 unspecified atom stereocenters. The molecular formula is C14H21N3O. The van der Waals surface area contributed by atoms with E-state index < -0.39 is 0 Å². The van der Waals surface area contributed by atoms with E-state index in [2.05, 4.69) is 5.32 Å². The number of hydrogen-bond donors (Lipinski definition) is 2. The molecule has 2 amide bonds. The number of hydrogen-bond acceptors (Lipinski definition) is 2. The van der Waals surface area contributed by atoms with Gasteiger partial charge in [-0.25, -0.2) is 4.79 Å². The molecule has 1 saturated carbocycles. The van der Waals surface area contributed by atoms with Crippen LogP contribution in [0.3, 0.4) is 0 Å². The summed E-state index contributed by atoms with van der Waals surface area (Å²) in [7, 11) is 1.82. The SMILES string of the molecule is CC(c1cccc(N)c1)N(C)C(=O)NC1CCC1. The molecule has 1 aliphatic rings. The summed E-state index contributed by atoms with van der Waals surface area (Å²) in [5, 5.41) is 3.04. The first-order valence-corrected chi connectivity index (χ1v) is 6.46. The molecule has 98 valence electrons. The average Bonchev–Trinajstić information content (AvgIpc) is 2.31. The van der Waals surface area contributed by atoms with Gasteiger partial charge in [0.15, 0.2) is 0 Å². The van der Waals surface area contributed by atoms with Crippen LogP contribution in [0.2, 0.25) is 0 Å². The highest BCUT2D eigenvalue weighted by Crippen LogP contribution is 2.22. The summed E-state index contributed by atoms with van der Waals surface area (Å²) in [5.74, 6) is 0. The van der Waals surface area contributed by atoms with Crippen LogP contribution in [-0.2, 0) is 0 Å². The van der Waals surface area contributed by atoms with Gasteiger partial charge in [-0.3, -0.25) is 0 Å². The Hall–Kier alpha value is -1.71. The lowest BCUT2D eigenvalue weighted by molar-refractivity contribution is 0.183. The van der Waals surface area contributed by atoms with Crippen molar-refractivity contribution in [2.75, 3.05) is 12.8 Å². The maximum Gasteiger partial charge on any atom is 0.317 e. The standard InChI is InChI=1S/C14H21N3O/c1-10(11-5-3-6-12(15)9-11)17(2)14(18)16-13-7-4-8-13/h3,5-6,9-10,13H,4,7-8,15H2,1-2H3,(H,16,18). The molecular weight excluding hydrogens is 226 g/mol. The second-order valence-electron chi connectivity index (χ2n) is 5.03. The third-order valence-electron chi connectivity index (χ3n) is 3.73. The van der Waals surface area contributed by atoms with Crippen molar-refractivity contribution in [2.24, 2.45) is 0 Å². The summed E-state index contributed by atoms with van der Waals surface area (Å²) in [6, 6.07) is 8.06. The van der Waals surface area contributed by atoms with Crippen molar-refractivity contribution in [3.05, 3.63) is 29.8 Å². The van der Waals surface area contributed by atoms with E-state index in [-0.39, 0.29) is 12.1 Å². The third-order valence-corrected chi connectivity index (χ3v) is 3.73. The Morgan fingerprint density at radius 2 is 2.22 bits per heavy atom. The molecule has 0 aromatic heterocycles. The molecule has 0 heterocycles.